The summed E-state index contributed by atoms with van der Waals surface area (Å²) in [7, 11) is 0. The van der Waals surface area contributed by atoms with Crippen molar-refractivity contribution in [2.24, 2.45) is 23.2 Å². The lowest BCUT2D eigenvalue weighted by Gasteiger charge is -2.62. The van der Waals surface area contributed by atoms with Crippen molar-refractivity contribution in [3.8, 4) is 0 Å². The van der Waals surface area contributed by atoms with E-state index < -0.39 is 0 Å². The molecule has 18 heavy (non-hydrogen) atoms. The van der Waals surface area contributed by atoms with E-state index in [0.717, 1.165) is 17.5 Å². The maximum absolute atomic E-state index is 11.2. The zero-order chi connectivity index (χ0) is 12.9. The lowest BCUT2D eigenvalue weighted by Crippen LogP contribution is -2.58. The van der Waals surface area contributed by atoms with Crippen LogP contribution in [-0.4, -0.2) is 16.2 Å². The van der Waals surface area contributed by atoms with Gasteiger partial charge in [-0.15, -0.1) is 0 Å². The van der Waals surface area contributed by atoms with Gasteiger partial charge in [0.15, 0.2) is 0 Å². The third-order valence-electron chi connectivity index (χ3n) is 5.37. The molecule has 3 aliphatic carbocycles. The van der Waals surface area contributed by atoms with Gasteiger partial charge in [-0.1, -0.05) is 20.8 Å². The molecule has 4 rings (SSSR count). The van der Waals surface area contributed by atoms with Gasteiger partial charge >= 0.3 is 0 Å². The molecule has 3 aliphatic rings. The Hall–Kier alpha value is -1.32. The maximum atomic E-state index is 11.2. The molecule has 2 N–H and O–H groups in total. The van der Waals surface area contributed by atoms with Gasteiger partial charge in [0.1, 0.15) is 0 Å². The third kappa shape index (κ3) is 1.66. The molecule has 0 aliphatic heterocycles. The first-order valence-corrected chi connectivity index (χ1v) is 6.79. The number of H-pyrrole nitrogens is 1. The second kappa shape index (κ2) is 3.84. The first-order chi connectivity index (χ1) is 8.48. The second-order valence-electron chi connectivity index (χ2n) is 6.54. The Balaban J connectivity index is 1.74. The van der Waals surface area contributed by atoms with Crippen LogP contribution in [0.1, 0.15) is 33.6 Å². The summed E-state index contributed by atoms with van der Waals surface area (Å²) in [6.45, 7) is 7.13. The van der Waals surface area contributed by atoms with E-state index in [1.54, 1.807) is 12.3 Å². The molecule has 3 saturated carbocycles. The van der Waals surface area contributed by atoms with Gasteiger partial charge < -0.3 is 5.32 Å². The molecule has 4 nitrogen and oxygen atoms in total. The molecular weight excluding hydrogens is 226 g/mol. The van der Waals surface area contributed by atoms with Gasteiger partial charge in [0.2, 0.25) is 0 Å². The fourth-order valence-electron chi connectivity index (χ4n) is 4.01. The zero-order valence-corrected chi connectivity index (χ0v) is 11.2. The van der Waals surface area contributed by atoms with Crippen molar-refractivity contribution in [3.05, 3.63) is 22.6 Å². The molecule has 2 bridgehead atoms. The van der Waals surface area contributed by atoms with E-state index >= 15 is 0 Å². The minimum Gasteiger partial charge on any atom is -0.381 e. The van der Waals surface area contributed by atoms with Crippen LogP contribution in [0, 0.1) is 23.2 Å². The van der Waals surface area contributed by atoms with E-state index in [1.807, 2.05) is 0 Å². The van der Waals surface area contributed by atoms with Crippen LogP contribution in [0.25, 0.3) is 0 Å². The van der Waals surface area contributed by atoms with E-state index in [1.165, 1.54) is 12.8 Å². The number of hydrogen-bond donors (Lipinski definition) is 2. The predicted octanol–water partition coefficient (Wildman–Crippen LogP) is 2.25. The van der Waals surface area contributed by atoms with E-state index in [2.05, 4.69) is 36.3 Å². The van der Waals surface area contributed by atoms with Crippen molar-refractivity contribution in [1.82, 2.24) is 10.2 Å². The summed E-state index contributed by atoms with van der Waals surface area (Å²) >= 11 is 0. The van der Waals surface area contributed by atoms with Gasteiger partial charge in [-0.3, -0.25) is 4.79 Å². The van der Waals surface area contributed by atoms with Crippen molar-refractivity contribution in [2.45, 2.75) is 39.7 Å². The van der Waals surface area contributed by atoms with E-state index in [9.17, 15) is 4.79 Å². The number of fused-ring (bicyclic) bond motifs is 2. The Morgan fingerprint density at radius 3 is 2.83 bits per heavy atom. The maximum Gasteiger partial charge on any atom is 0.266 e. The van der Waals surface area contributed by atoms with Crippen LogP contribution >= 0.6 is 0 Å². The largest absolute Gasteiger partial charge is 0.381 e. The molecule has 98 valence electrons. The standard InChI is InChI=1S/C14H21N3O/c1-8-11-4-9(14(11,2)3)5-12(8)16-10-6-13(18)17-15-7-10/h6-9,11-12H,4-5H2,1-3H3,(H2,16,17,18)/t8-,9+,11-,12-/m1/s1. The highest BCUT2D eigenvalue weighted by Crippen LogP contribution is 2.61. The van der Waals surface area contributed by atoms with Crippen LogP contribution in [0.4, 0.5) is 5.69 Å². The van der Waals surface area contributed by atoms with Crippen molar-refractivity contribution in [2.75, 3.05) is 5.32 Å². The number of rotatable bonds is 2. The zero-order valence-electron chi connectivity index (χ0n) is 11.2. The van der Waals surface area contributed by atoms with Gasteiger partial charge in [-0.25, -0.2) is 5.10 Å². The molecule has 1 aromatic rings. The molecule has 4 heteroatoms. The summed E-state index contributed by atoms with van der Waals surface area (Å²) in [5.41, 5.74) is 1.20. The summed E-state index contributed by atoms with van der Waals surface area (Å²) in [4.78, 5) is 11.2. The highest BCUT2D eigenvalue weighted by atomic mass is 16.1. The number of aromatic amines is 1. The SMILES string of the molecule is C[C@@H]1[C@H]2C[C@@H](C[C@H]1Nc1cn[nH]c(=O)c1)C2(C)C. The Morgan fingerprint density at radius 1 is 1.44 bits per heavy atom. The Morgan fingerprint density at radius 2 is 2.22 bits per heavy atom. The minimum atomic E-state index is -0.144. The molecule has 3 fully saturated rings. The molecule has 0 spiro atoms. The second-order valence-corrected chi connectivity index (χ2v) is 6.54. The van der Waals surface area contributed by atoms with Crippen LogP contribution in [0.15, 0.2) is 17.1 Å². The lowest BCUT2D eigenvalue weighted by molar-refractivity contribution is -0.105. The highest BCUT2D eigenvalue weighted by Gasteiger charge is 2.56. The van der Waals surface area contributed by atoms with Crippen molar-refractivity contribution in [1.29, 1.82) is 0 Å². The normalized spacial score (nSPS) is 36.8. The van der Waals surface area contributed by atoms with Crippen molar-refractivity contribution >= 4 is 5.69 Å². The number of nitrogens with zero attached hydrogens (tertiary/aromatic N) is 1. The average Bonchev–Trinajstić information content (AvgIpc) is 2.31. The third-order valence-corrected chi connectivity index (χ3v) is 5.37. The Bertz CT molecular complexity index is 508. The summed E-state index contributed by atoms with van der Waals surface area (Å²) in [6.07, 6.45) is 4.27. The lowest BCUT2D eigenvalue weighted by atomic mass is 9.45. The number of hydrogen-bond acceptors (Lipinski definition) is 3. The molecule has 0 unspecified atom stereocenters. The van der Waals surface area contributed by atoms with Gasteiger partial charge in [-0.05, 0) is 36.0 Å². The van der Waals surface area contributed by atoms with Crippen molar-refractivity contribution in [3.63, 3.8) is 0 Å². The quantitative estimate of drug-likeness (QED) is 0.842. The number of aromatic nitrogens is 2. The van der Waals surface area contributed by atoms with Crippen LogP contribution in [0.5, 0.6) is 0 Å². The molecule has 0 radical (unpaired) electrons. The van der Waals surface area contributed by atoms with Gasteiger partial charge in [-0.2, -0.15) is 5.10 Å². The summed E-state index contributed by atoms with van der Waals surface area (Å²) < 4.78 is 0. The first-order valence-electron chi connectivity index (χ1n) is 6.79. The topological polar surface area (TPSA) is 57.8 Å². The molecule has 0 saturated heterocycles. The van der Waals surface area contributed by atoms with Crippen LogP contribution in [-0.2, 0) is 0 Å². The highest BCUT2D eigenvalue weighted by molar-refractivity contribution is 5.40. The number of nitrogens with one attached hydrogen (secondary N) is 2. The van der Waals surface area contributed by atoms with E-state index in [-0.39, 0.29) is 5.56 Å². The average molecular weight is 247 g/mol. The Kier molecular flexibility index (Phi) is 2.50. The molecule has 0 aromatic carbocycles. The summed E-state index contributed by atoms with van der Waals surface area (Å²) in [6, 6.07) is 2.07. The van der Waals surface area contributed by atoms with Crippen LogP contribution in [0.3, 0.4) is 0 Å². The van der Waals surface area contributed by atoms with Gasteiger partial charge in [0.05, 0.1) is 11.9 Å². The van der Waals surface area contributed by atoms with E-state index in [4.69, 9.17) is 0 Å². The van der Waals surface area contributed by atoms with Crippen LogP contribution in [0.2, 0.25) is 0 Å². The monoisotopic (exact) mass is 247 g/mol. The summed E-state index contributed by atoms with van der Waals surface area (Å²) in [5.74, 6) is 2.29. The fourth-order valence-corrected chi connectivity index (χ4v) is 4.01. The smallest absolute Gasteiger partial charge is 0.266 e. The predicted molar refractivity (Wildman–Crippen MR) is 71.4 cm³/mol. The van der Waals surface area contributed by atoms with Crippen molar-refractivity contribution < 1.29 is 0 Å². The van der Waals surface area contributed by atoms with Gasteiger partial charge in [0.25, 0.3) is 5.56 Å². The molecular formula is C14H21N3O. The molecule has 1 aromatic heterocycles. The number of anilines is 1. The van der Waals surface area contributed by atoms with Gasteiger partial charge in [0, 0.05) is 12.1 Å². The summed E-state index contributed by atoms with van der Waals surface area (Å²) in [5, 5.41) is 9.73. The first kappa shape index (κ1) is 11.8. The fraction of sp³-hybridized carbons (Fsp3) is 0.714. The Labute approximate surface area is 107 Å². The molecule has 1 heterocycles. The van der Waals surface area contributed by atoms with E-state index in [0.29, 0.717) is 17.4 Å². The molecule has 4 atom stereocenters. The molecule has 0 amide bonds. The van der Waals surface area contributed by atoms with Crippen LogP contribution < -0.4 is 10.9 Å². The minimum absolute atomic E-state index is 0.144.